The van der Waals surface area contributed by atoms with E-state index in [0.717, 1.165) is 26.2 Å². The summed E-state index contributed by atoms with van der Waals surface area (Å²) in [6, 6.07) is 0.366. The van der Waals surface area contributed by atoms with Crippen molar-refractivity contribution < 1.29 is 4.79 Å². The van der Waals surface area contributed by atoms with Crippen molar-refractivity contribution in [1.29, 1.82) is 0 Å². The molecule has 2 unspecified atom stereocenters. The van der Waals surface area contributed by atoms with Crippen molar-refractivity contribution in [3.05, 3.63) is 0 Å². The summed E-state index contributed by atoms with van der Waals surface area (Å²) < 4.78 is 0. The Hall–Kier alpha value is -0.610. The van der Waals surface area contributed by atoms with Crippen LogP contribution in [0.2, 0.25) is 0 Å². The highest BCUT2D eigenvalue weighted by molar-refractivity contribution is 5.77. The van der Waals surface area contributed by atoms with E-state index in [1.165, 1.54) is 12.8 Å². The maximum Gasteiger partial charge on any atom is 0.224 e. The topological polar surface area (TPSA) is 35.6 Å². The van der Waals surface area contributed by atoms with Gasteiger partial charge in [0.25, 0.3) is 0 Å². The molecular formula is C16H33N3O. The number of nitrogens with one attached hydrogen (secondary N) is 1. The van der Waals surface area contributed by atoms with Crippen molar-refractivity contribution >= 4 is 5.91 Å². The highest BCUT2D eigenvalue weighted by Gasteiger charge is 2.25. The van der Waals surface area contributed by atoms with Crippen LogP contribution < -0.4 is 5.32 Å². The Bertz CT molecular complexity index is 291. The van der Waals surface area contributed by atoms with Crippen molar-refractivity contribution in [2.45, 2.75) is 46.1 Å². The zero-order chi connectivity index (χ0) is 15.1. The maximum absolute atomic E-state index is 12.6. The zero-order valence-corrected chi connectivity index (χ0v) is 14.0. The van der Waals surface area contributed by atoms with Crippen LogP contribution in [0.15, 0.2) is 0 Å². The van der Waals surface area contributed by atoms with E-state index in [9.17, 15) is 4.79 Å². The molecule has 0 saturated carbocycles. The van der Waals surface area contributed by atoms with E-state index in [1.807, 2.05) is 4.90 Å². The van der Waals surface area contributed by atoms with Crippen LogP contribution in [-0.4, -0.2) is 62.0 Å². The van der Waals surface area contributed by atoms with Gasteiger partial charge in [0, 0.05) is 32.1 Å². The summed E-state index contributed by atoms with van der Waals surface area (Å²) in [6.45, 7) is 10.3. The van der Waals surface area contributed by atoms with Crippen LogP contribution in [0, 0.1) is 11.8 Å². The Kier molecular flexibility index (Phi) is 7.52. The molecule has 0 aromatic carbocycles. The summed E-state index contributed by atoms with van der Waals surface area (Å²) in [5, 5.41) is 3.51. The minimum atomic E-state index is 0.312. The molecule has 0 spiro atoms. The van der Waals surface area contributed by atoms with Gasteiger partial charge in [0.2, 0.25) is 5.91 Å². The van der Waals surface area contributed by atoms with Crippen LogP contribution in [0.4, 0.5) is 0 Å². The van der Waals surface area contributed by atoms with Gasteiger partial charge in [0.15, 0.2) is 0 Å². The Balaban J connectivity index is 2.52. The van der Waals surface area contributed by atoms with Crippen molar-refractivity contribution in [3.8, 4) is 0 Å². The molecule has 4 nitrogen and oxygen atoms in total. The van der Waals surface area contributed by atoms with Gasteiger partial charge in [-0.25, -0.2) is 0 Å². The zero-order valence-electron chi connectivity index (χ0n) is 14.0. The van der Waals surface area contributed by atoms with E-state index in [-0.39, 0.29) is 0 Å². The van der Waals surface area contributed by atoms with Crippen molar-refractivity contribution in [3.63, 3.8) is 0 Å². The number of rotatable bonds is 7. The minimum Gasteiger partial charge on any atom is -0.341 e. The number of carbonyl (C=O) groups is 1. The molecule has 1 amide bonds. The normalized spacial score (nSPS) is 23.4. The largest absolute Gasteiger partial charge is 0.341 e. The SMILES string of the molecule is CC(C)CN(CCN(C)C)C(=O)CC1NCCCC1C. The summed E-state index contributed by atoms with van der Waals surface area (Å²) in [4.78, 5) is 16.8. The van der Waals surface area contributed by atoms with Gasteiger partial charge in [0.1, 0.15) is 0 Å². The second-order valence-corrected chi connectivity index (χ2v) is 6.92. The van der Waals surface area contributed by atoms with E-state index in [2.05, 4.69) is 45.1 Å². The molecule has 4 heteroatoms. The van der Waals surface area contributed by atoms with Gasteiger partial charge in [-0.15, -0.1) is 0 Å². The van der Waals surface area contributed by atoms with Crippen molar-refractivity contribution in [2.75, 3.05) is 40.3 Å². The first-order valence-corrected chi connectivity index (χ1v) is 8.06. The predicted octanol–water partition coefficient (Wildman–Crippen LogP) is 1.81. The molecule has 1 rings (SSSR count). The van der Waals surface area contributed by atoms with Crippen LogP contribution in [0.3, 0.4) is 0 Å². The first kappa shape index (κ1) is 17.4. The fourth-order valence-electron chi connectivity index (χ4n) is 2.78. The number of hydrogen-bond donors (Lipinski definition) is 1. The lowest BCUT2D eigenvalue weighted by Crippen LogP contribution is -2.46. The molecule has 20 heavy (non-hydrogen) atoms. The molecule has 1 saturated heterocycles. The van der Waals surface area contributed by atoms with E-state index in [4.69, 9.17) is 0 Å². The number of hydrogen-bond acceptors (Lipinski definition) is 3. The van der Waals surface area contributed by atoms with Crippen LogP contribution in [0.25, 0.3) is 0 Å². The molecule has 1 fully saturated rings. The lowest BCUT2D eigenvalue weighted by Gasteiger charge is -2.33. The molecule has 1 aliphatic heterocycles. The average molecular weight is 283 g/mol. The first-order valence-electron chi connectivity index (χ1n) is 8.06. The highest BCUT2D eigenvalue weighted by Crippen LogP contribution is 2.19. The molecule has 0 aromatic rings. The monoisotopic (exact) mass is 283 g/mol. The third kappa shape index (κ3) is 6.23. The fourth-order valence-corrected chi connectivity index (χ4v) is 2.78. The molecule has 2 atom stereocenters. The predicted molar refractivity (Wildman–Crippen MR) is 84.8 cm³/mol. The standard InChI is InChI=1S/C16H33N3O/c1-13(2)12-19(10-9-18(4)5)16(20)11-15-14(3)7-6-8-17-15/h13-15,17H,6-12H2,1-5H3. The van der Waals surface area contributed by atoms with Crippen molar-refractivity contribution in [1.82, 2.24) is 15.1 Å². The number of piperidine rings is 1. The highest BCUT2D eigenvalue weighted by atomic mass is 16.2. The number of carbonyl (C=O) groups excluding carboxylic acids is 1. The quantitative estimate of drug-likeness (QED) is 0.774. The second-order valence-electron chi connectivity index (χ2n) is 6.92. The maximum atomic E-state index is 12.6. The summed E-state index contributed by atoms with van der Waals surface area (Å²) in [5.41, 5.74) is 0. The van der Waals surface area contributed by atoms with Crippen LogP contribution in [0.1, 0.15) is 40.0 Å². The Morgan fingerprint density at radius 1 is 1.30 bits per heavy atom. The van der Waals surface area contributed by atoms with Crippen molar-refractivity contribution in [2.24, 2.45) is 11.8 Å². The third-order valence-electron chi connectivity index (χ3n) is 4.08. The molecule has 0 aliphatic carbocycles. The molecule has 0 aromatic heterocycles. The number of nitrogens with zero attached hydrogens (tertiary/aromatic N) is 2. The fraction of sp³-hybridized carbons (Fsp3) is 0.938. The summed E-state index contributed by atoms with van der Waals surface area (Å²) in [7, 11) is 4.12. The first-order chi connectivity index (χ1) is 9.40. The third-order valence-corrected chi connectivity index (χ3v) is 4.08. The Labute approximate surface area is 124 Å². The lowest BCUT2D eigenvalue weighted by atomic mass is 9.90. The number of likely N-dealkylation sites (N-methyl/N-ethyl adjacent to an activating group) is 1. The van der Waals surface area contributed by atoms with Gasteiger partial charge < -0.3 is 15.1 Å². The molecule has 118 valence electrons. The minimum absolute atomic E-state index is 0.312. The molecule has 0 bridgehead atoms. The van der Waals surface area contributed by atoms with Gasteiger partial charge in [-0.3, -0.25) is 4.79 Å². The molecule has 1 N–H and O–H groups in total. The Morgan fingerprint density at radius 2 is 2.00 bits per heavy atom. The van der Waals surface area contributed by atoms with E-state index >= 15 is 0 Å². The van der Waals surface area contributed by atoms with Gasteiger partial charge in [-0.05, 0) is 45.3 Å². The van der Waals surface area contributed by atoms with Gasteiger partial charge in [-0.2, -0.15) is 0 Å². The second kappa shape index (κ2) is 8.63. The van der Waals surface area contributed by atoms with Gasteiger partial charge in [0.05, 0.1) is 0 Å². The summed E-state index contributed by atoms with van der Waals surface area (Å²) >= 11 is 0. The summed E-state index contributed by atoms with van der Waals surface area (Å²) in [6.07, 6.45) is 3.14. The molecule has 0 radical (unpaired) electrons. The van der Waals surface area contributed by atoms with Gasteiger partial charge in [-0.1, -0.05) is 20.8 Å². The molecule has 1 heterocycles. The van der Waals surface area contributed by atoms with Crippen LogP contribution >= 0.6 is 0 Å². The summed E-state index contributed by atoms with van der Waals surface area (Å²) in [5.74, 6) is 1.45. The van der Waals surface area contributed by atoms with Gasteiger partial charge >= 0.3 is 0 Å². The molecular weight excluding hydrogens is 250 g/mol. The average Bonchev–Trinajstić information content (AvgIpc) is 2.36. The number of amides is 1. The van der Waals surface area contributed by atoms with E-state index in [0.29, 0.717) is 30.2 Å². The van der Waals surface area contributed by atoms with Crippen LogP contribution in [-0.2, 0) is 4.79 Å². The Morgan fingerprint density at radius 3 is 2.55 bits per heavy atom. The van der Waals surface area contributed by atoms with E-state index in [1.54, 1.807) is 0 Å². The lowest BCUT2D eigenvalue weighted by molar-refractivity contribution is -0.132. The van der Waals surface area contributed by atoms with E-state index < -0.39 is 0 Å². The smallest absolute Gasteiger partial charge is 0.224 e. The molecule has 1 aliphatic rings. The van der Waals surface area contributed by atoms with Crippen LogP contribution in [0.5, 0.6) is 0 Å².